The van der Waals surface area contributed by atoms with Crippen molar-refractivity contribution in [1.29, 1.82) is 0 Å². The molecule has 2 aromatic rings. The maximum Gasteiger partial charge on any atom is 0.325 e. The van der Waals surface area contributed by atoms with E-state index in [9.17, 15) is 14.4 Å². The molecule has 4 amide bonds. The third kappa shape index (κ3) is 4.79. The molecule has 1 N–H and O–H groups in total. The molecule has 31 heavy (non-hydrogen) atoms. The normalized spacial score (nSPS) is 17.6. The van der Waals surface area contributed by atoms with Gasteiger partial charge < -0.3 is 10.2 Å². The number of nitrogens with zero attached hydrogens (tertiary/aromatic N) is 2. The number of hydrogen-bond acceptors (Lipinski definition) is 3. The van der Waals surface area contributed by atoms with Crippen molar-refractivity contribution in [3.8, 4) is 0 Å². The molecule has 1 aliphatic heterocycles. The Bertz CT molecular complexity index is 924. The summed E-state index contributed by atoms with van der Waals surface area (Å²) < 4.78 is 0. The van der Waals surface area contributed by atoms with Crippen LogP contribution in [0.3, 0.4) is 0 Å². The lowest BCUT2D eigenvalue weighted by Gasteiger charge is -2.30. The molecule has 0 atom stereocenters. The van der Waals surface area contributed by atoms with Crippen LogP contribution in [0.4, 0.5) is 4.79 Å². The molecule has 2 fully saturated rings. The summed E-state index contributed by atoms with van der Waals surface area (Å²) in [5, 5.41) is 2.89. The predicted octanol–water partition coefficient (Wildman–Crippen LogP) is 3.51. The molecule has 2 aliphatic rings. The van der Waals surface area contributed by atoms with Crippen molar-refractivity contribution in [2.24, 2.45) is 0 Å². The summed E-state index contributed by atoms with van der Waals surface area (Å²) in [5.41, 5.74) is 1.36. The highest BCUT2D eigenvalue weighted by atomic mass is 16.2. The first-order chi connectivity index (χ1) is 15.1. The summed E-state index contributed by atoms with van der Waals surface area (Å²) in [6, 6.07) is 19.4. The van der Waals surface area contributed by atoms with Crippen LogP contribution >= 0.6 is 0 Å². The fraction of sp³-hybridized carbons (Fsp3) is 0.400. The smallest absolute Gasteiger partial charge is 0.325 e. The Hall–Kier alpha value is -3.15. The van der Waals surface area contributed by atoms with Crippen molar-refractivity contribution in [1.82, 2.24) is 15.1 Å². The van der Waals surface area contributed by atoms with Crippen LogP contribution in [0.1, 0.15) is 43.2 Å². The Morgan fingerprint density at radius 2 is 1.52 bits per heavy atom. The average molecular weight is 420 g/mol. The lowest BCUT2D eigenvalue weighted by molar-refractivity contribution is -0.139. The lowest BCUT2D eigenvalue weighted by atomic mass is 9.82. The molecule has 1 saturated heterocycles. The zero-order valence-corrected chi connectivity index (χ0v) is 17.8. The van der Waals surface area contributed by atoms with Crippen LogP contribution in [-0.4, -0.2) is 46.3 Å². The van der Waals surface area contributed by atoms with Gasteiger partial charge in [-0.15, -0.1) is 0 Å². The van der Waals surface area contributed by atoms with E-state index in [0.29, 0.717) is 32.4 Å². The molecule has 1 heterocycles. The molecule has 2 aromatic carbocycles. The first-order valence-electron chi connectivity index (χ1n) is 11.1. The number of benzene rings is 2. The highest BCUT2D eigenvalue weighted by molar-refractivity contribution is 6.09. The standard InChI is InChI=1S/C25H29N3O3/c29-22(19-28-23(30)25(26-24(28)31)15-8-3-9-16-25)27(18-21-12-6-2-7-13-21)17-14-20-10-4-1-5-11-20/h1-2,4-7,10-13H,3,8-9,14-19H2,(H,26,31). The van der Waals surface area contributed by atoms with Crippen molar-refractivity contribution in [2.75, 3.05) is 13.1 Å². The molecule has 6 heteroatoms. The summed E-state index contributed by atoms with van der Waals surface area (Å²) in [6.45, 7) is 0.752. The molecule has 0 radical (unpaired) electrons. The Morgan fingerprint density at radius 3 is 2.16 bits per heavy atom. The Kier molecular flexibility index (Phi) is 6.35. The van der Waals surface area contributed by atoms with Crippen LogP contribution in [-0.2, 0) is 22.6 Å². The van der Waals surface area contributed by atoms with E-state index >= 15 is 0 Å². The van der Waals surface area contributed by atoms with E-state index in [2.05, 4.69) is 5.32 Å². The molecule has 0 unspecified atom stereocenters. The van der Waals surface area contributed by atoms with Crippen LogP contribution in [0.25, 0.3) is 0 Å². The largest absolute Gasteiger partial charge is 0.336 e. The molecule has 162 valence electrons. The molecular weight excluding hydrogens is 390 g/mol. The van der Waals surface area contributed by atoms with E-state index in [0.717, 1.165) is 35.3 Å². The Morgan fingerprint density at radius 1 is 0.903 bits per heavy atom. The van der Waals surface area contributed by atoms with E-state index in [-0.39, 0.29) is 18.4 Å². The summed E-state index contributed by atoms with van der Waals surface area (Å²) in [4.78, 5) is 41.7. The van der Waals surface area contributed by atoms with E-state index in [1.165, 1.54) is 0 Å². The average Bonchev–Trinajstić information content (AvgIpc) is 3.02. The van der Waals surface area contributed by atoms with Gasteiger partial charge in [0, 0.05) is 13.1 Å². The van der Waals surface area contributed by atoms with E-state index in [1.54, 1.807) is 4.90 Å². The molecule has 1 spiro atoms. The molecule has 6 nitrogen and oxygen atoms in total. The van der Waals surface area contributed by atoms with Gasteiger partial charge in [-0.2, -0.15) is 0 Å². The fourth-order valence-electron chi connectivity index (χ4n) is 4.55. The zero-order valence-electron chi connectivity index (χ0n) is 17.8. The van der Waals surface area contributed by atoms with E-state index in [4.69, 9.17) is 0 Å². The van der Waals surface area contributed by atoms with Crippen molar-refractivity contribution in [3.05, 3.63) is 71.8 Å². The first kappa shape index (κ1) is 21.1. The maximum absolute atomic E-state index is 13.2. The van der Waals surface area contributed by atoms with Crippen molar-refractivity contribution >= 4 is 17.8 Å². The van der Waals surface area contributed by atoms with Crippen LogP contribution in [0, 0.1) is 0 Å². The third-order valence-electron chi connectivity index (χ3n) is 6.33. The summed E-state index contributed by atoms with van der Waals surface area (Å²) in [5.74, 6) is -0.454. The van der Waals surface area contributed by atoms with Gasteiger partial charge in [0.05, 0.1) is 0 Å². The van der Waals surface area contributed by atoms with Gasteiger partial charge in [-0.05, 0) is 30.4 Å². The predicted molar refractivity (Wildman–Crippen MR) is 118 cm³/mol. The van der Waals surface area contributed by atoms with E-state index in [1.807, 2.05) is 60.7 Å². The number of amides is 4. The molecule has 1 saturated carbocycles. The number of nitrogens with one attached hydrogen (secondary N) is 1. The van der Waals surface area contributed by atoms with Gasteiger partial charge in [0.2, 0.25) is 5.91 Å². The minimum atomic E-state index is -0.802. The van der Waals surface area contributed by atoms with Crippen molar-refractivity contribution in [3.63, 3.8) is 0 Å². The van der Waals surface area contributed by atoms with Gasteiger partial charge in [0.1, 0.15) is 12.1 Å². The lowest BCUT2D eigenvalue weighted by Crippen LogP contribution is -2.49. The first-order valence-corrected chi connectivity index (χ1v) is 11.1. The Balaban J connectivity index is 1.47. The van der Waals surface area contributed by atoms with Crippen LogP contribution in [0.2, 0.25) is 0 Å². The third-order valence-corrected chi connectivity index (χ3v) is 6.33. The topological polar surface area (TPSA) is 69.7 Å². The fourth-order valence-corrected chi connectivity index (χ4v) is 4.55. The highest BCUT2D eigenvalue weighted by Crippen LogP contribution is 2.33. The van der Waals surface area contributed by atoms with Crippen molar-refractivity contribution in [2.45, 2.75) is 50.6 Å². The van der Waals surface area contributed by atoms with Gasteiger partial charge in [0.15, 0.2) is 0 Å². The second kappa shape index (κ2) is 9.33. The van der Waals surface area contributed by atoms with Gasteiger partial charge >= 0.3 is 6.03 Å². The van der Waals surface area contributed by atoms with E-state index < -0.39 is 11.6 Å². The number of imide groups is 1. The summed E-state index contributed by atoms with van der Waals surface area (Å²) >= 11 is 0. The quantitative estimate of drug-likeness (QED) is 0.698. The number of hydrogen-bond donors (Lipinski definition) is 1. The van der Waals surface area contributed by atoms with Crippen LogP contribution in [0.15, 0.2) is 60.7 Å². The SMILES string of the molecule is O=C(CN1C(=O)NC2(CCCCC2)C1=O)N(CCc1ccccc1)Cc1ccccc1. The highest BCUT2D eigenvalue weighted by Gasteiger charge is 2.51. The van der Waals surface area contributed by atoms with Gasteiger partial charge in [-0.25, -0.2) is 4.79 Å². The van der Waals surface area contributed by atoms with Gasteiger partial charge in [-0.3, -0.25) is 14.5 Å². The Labute approximate surface area is 183 Å². The zero-order chi connectivity index (χ0) is 21.7. The number of urea groups is 1. The summed E-state index contributed by atoms with van der Waals surface area (Å²) in [7, 11) is 0. The summed E-state index contributed by atoms with van der Waals surface area (Å²) in [6.07, 6.45) is 4.95. The maximum atomic E-state index is 13.2. The molecule has 4 rings (SSSR count). The number of carbonyl (C=O) groups is 3. The monoisotopic (exact) mass is 419 g/mol. The minimum absolute atomic E-state index is 0.212. The number of rotatable bonds is 7. The van der Waals surface area contributed by atoms with Crippen LogP contribution < -0.4 is 5.32 Å². The number of carbonyl (C=O) groups excluding carboxylic acids is 3. The molecule has 0 bridgehead atoms. The van der Waals surface area contributed by atoms with Crippen LogP contribution in [0.5, 0.6) is 0 Å². The molecule has 0 aromatic heterocycles. The second-order valence-corrected chi connectivity index (χ2v) is 8.50. The minimum Gasteiger partial charge on any atom is -0.336 e. The molecular formula is C25H29N3O3. The van der Waals surface area contributed by atoms with Gasteiger partial charge in [-0.1, -0.05) is 79.9 Å². The molecule has 1 aliphatic carbocycles. The van der Waals surface area contributed by atoms with Crippen molar-refractivity contribution < 1.29 is 14.4 Å². The second-order valence-electron chi connectivity index (χ2n) is 8.50. The van der Waals surface area contributed by atoms with Gasteiger partial charge in [0.25, 0.3) is 5.91 Å².